The number of nitrogens with one attached hydrogen (secondary N) is 1. The number of fused-ring (bicyclic) bond motifs is 1. The zero-order valence-electron chi connectivity index (χ0n) is 19.6. The summed E-state index contributed by atoms with van der Waals surface area (Å²) in [5, 5.41) is 1.36. The third kappa shape index (κ3) is 6.58. The summed E-state index contributed by atoms with van der Waals surface area (Å²) in [4.78, 5) is 18.8. The first-order valence-electron chi connectivity index (χ1n) is 11.2. The molecule has 0 aromatic heterocycles. The lowest BCUT2D eigenvalue weighted by Gasteiger charge is -2.20. The molecule has 0 radical (unpaired) electrons. The highest BCUT2D eigenvalue weighted by molar-refractivity contribution is 7.89. The molecule has 10 nitrogen and oxygen atoms in total. The molecule has 2 unspecified atom stereocenters. The van der Waals surface area contributed by atoms with E-state index in [1.54, 1.807) is 18.2 Å². The molecule has 11 heteroatoms. The normalized spacial score (nSPS) is 16.8. The third-order valence-corrected chi connectivity index (χ3v) is 7.12. The number of ether oxygens (including phenoxy) is 2. The lowest BCUT2D eigenvalue weighted by atomic mass is 10.1. The lowest BCUT2D eigenvalue weighted by Crippen LogP contribution is -2.42. The van der Waals surface area contributed by atoms with Crippen LogP contribution < -0.4 is 21.1 Å². The molecular weight excluding hydrogens is 458 g/mol. The number of nitrogens with two attached hydrogens (primary N) is 2. The van der Waals surface area contributed by atoms with Crippen molar-refractivity contribution >= 4 is 38.4 Å². The molecule has 2 aromatic carbocycles. The summed E-state index contributed by atoms with van der Waals surface area (Å²) in [5.74, 6) is -0.719. The van der Waals surface area contributed by atoms with Crippen LogP contribution in [0.25, 0.3) is 10.8 Å². The van der Waals surface area contributed by atoms with Crippen molar-refractivity contribution in [2.45, 2.75) is 42.7 Å². The van der Waals surface area contributed by atoms with Gasteiger partial charge in [-0.05, 0) is 37.8 Å². The fourth-order valence-corrected chi connectivity index (χ4v) is 5.36. The van der Waals surface area contributed by atoms with E-state index in [4.69, 9.17) is 20.9 Å². The van der Waals surface area contributed by atoms with Crippen LogP contribution >= 0.6 is 0 Å². The Morgan fingerprint density at radius 2 is 1.97 bits per heavy atom. The highest BCUT2D eigenvalue weighted by Gasteiger charge is 2.29. The average Bonchev–Trinajstić information content (AvgIpc) is 3.32. The second-order valence-electron chi connectivity index (χ2n) is 8.41. The van der Waals surface area contributed by atoms with Gasteiger partial charge in [0.2, 0.25) is 10.0 Å². The van der Waals surface area contributed by atoms with Gasteiger partial charge < -0.3 is 25.8 Å². The smallest absolute Gasteiger partial charge is 0.324 e. The predicted molar refractivity (Wildman–Crippen MR) is 132 cm³/mol. The van der Waals surface area contributed by atoms with Crippen molar-refractivity contribution < 1.29 is 22.7 Å². The average molecular weight is 492 g/mol. The summed E-state index contributed by atoms with van der Waals surface area (Å²) in [7, 11) is -0.263. The summed E-state index contributed by atoms with van der Waals surface area (Å²) >= 11 is 0. The molecule has 1 aliphatic rings. The summed E-state index contributed by atoms with van der Waals surface area (Å²) in [5.41, 5.74) is 11.6. The van der Waals surface area contributed by atoms with E-state index in [1.165, 1.54) is 6.07 Å². The van der Waals surface area contributed by atoms with Crippen molar-refractivity contribution in [2.75, 3.05) is 38.8 Å². The Balaban J connectivity index is 1.83. The van der Waals surface area contributed by atoms with E-state index in [2.05, 4.69) is 9.71 Å². The van der Waals surface area contributed by atoms with Crippen LogP contribution in [-0.2, 0) is 24.3 Å². The highest BCUT2D eigenvalue weighted by atomic mass is 32.2. The lowest BCUT2D eigenvalue weighted by molar-refractivity contribution is -0.149. The molecule has 5 N–H and O–H groups in total. The van der Waals surface area contributed by atoms with E-state index in [9.17, 15) is 13.2 Å². The molecule has 1 heterocycles. The number of anilines is 1. The molecule has 0 amide bonds. The SMILES string of the molecule is CN(C)c1cccc2c(S(=O)(=O)NC(CCCN=C(N)N)C(=O)OCC3CCCO3)cccc12. The monoisotopic (exact) mass is 491 g/mol. The molecule has 0 saturated carbocycles. The van der Waals surface area contributed by atoms with Gasteiger partial charge in [0, 0.05) is 43.7 Å². The first kappa shape index (κ1) is 25.7. The number of hydrogen-bond acceptors (Lipinski definition) is 7. The minimum Gasteiger partial charge on any atom is -0.462 e. The van der Waals surface area contributed by atoms with E-state index >= 15 is 0 Å². The quantitative estimate of drug-likeness (QED) is 0.184. The maximum Gasteiger partial charge on any atom is 0.324 e. The number of benzene rings is 2. The van der Waals surface area contributed by atoms with Crippen LogP contribution in [0, 0.1) is 0 Å². The Kier molecular flexibility index (Phi) is 8.70. The maximum atomic E-state index is 13.4. The van der Waals surface area contributed by atoms with Gasteiger partial charge >= 0.3 is 5.97 Å². The molecule has 2 aromatic rings. The van der Waals surface area contributed by atoms with E-state index in [0.29, 0.717) is 18.4 Å². The second kappa shape index (κ2) is 11.5. The van der Waals surface area contributed by atoms with Gasteiger partial charge in [0.25, 0.3) is 0 Å². The highest BCUT2D eigenvalue weighted by Crippen LogP contribution is 2.30. The zero-order chi connectivity index (χ0) is 24.7. The van der Waals surface area contributed by atoms with E-state index in [1.807, 2.05) is 31.1 Å². The van der Waals surface area contributed by atoms with Crippen molar-refractivity contribution in [3.8, 4) is 0 Å². The van der Waals surface area contributed by atoms with Crippen LogP contribution in [0.2, 0.25) is 0 Å². The van der Waals surface area contributed by atoms with Crippen LogP contribution in [0.3, 0.4) is 0 Å². The van der Waals surface area contributed by atoms with Crippen LogP contribution in [0.5, 0.6) is 0 Å². The van der Waals surface area contributed by atoms with Crippen molar-refractivity contribution in [3.63, 3.8) is 0 Å². The topological polar surface area (TPSA) is 149 Å². The third-order valence-electron chi connectivity index (χ3n) is 5.59. The summed E-state index contributed by atoms with van der Waals surface area (Å²) in [6.07, 6.45) is 2.12. The van der Waals surface area contributed by atoms with Crippen molar-refractivity contribution in [1.82, 2.24) is 4.72 Å². The van der Waals surface area contributed by atoms with Gasteiger partial charge in [-0.2, -0.15) is 4.72 Å². The van der Waals surface area contributed by atoms with Gasteiger partial charge in [0.1, 0.15) is 12.6 Å². The Bertz CT molecular complexity index is 1130. The minimum atomic E-state index is -4.05. The number of carbonyl (C=O) groups is 1. The largest absolute Gasteiger partial charge is 0.462 e. The molecule has 34 heavy (non-hydrogen) atoms. The number of esters is 1. The number of nitrogens with zero attached hydrogens (tertiary/aromatic N) is 2. The number of guanidine groups is 1. The Morgan fingerprint density at radius 1 is 1.24 bits per heavy atom. The molecular formula is C23H33N5O5S. The molecule has 1 aliphatic heterocycles. The van der Waals surface area contributed by atoms with E-state index in [0.717, 1.165) is 23.9 Å². The number of rotatable bonds is 11. The Labute approximate surface area is 200 Å². The molecule has 0 bridgehead atoms. The van der Waals surface area contributed by atoms with Gasteiger partial charge in [-0.3, -0.25) is 9.79 Å². The Hall–Kier alpha value is -2.89. The summed E-state index contributed by atoms with van der Waals surface area (Å²) in [6.45, 7) is 0.984. The fourth-order valence-electron chi connectivity index (χ4n) is 3.92. The van der Waals surface area contributed by atoms with Gasteiger partial charge in [-0.1, -0.05) is 24.3 Å². The van der Waals surface area contributed by atoms with Gasteiger partial charge in [0.05, 0.1) is 11.0 Å². The number of hydrogen-bond donors (Lipinski definition) is 3. The standard InChI is InChI=1S/C23H33N5O5S/c1-28(2)20-11-3-9-18-17(20)8-4-12-21(18)34(30,31)27-19(10-5-13-26-23(24)25)22(29)33-15-16-7-6-14-32-16/h3-4,8-9,11-12,16,19,27H,5-7,10,13-15H2,1-2H3,(H4,24,25,26). The van der Waals surface area contributed by atoms with Gasteiger partial charge in [-0.25, -0.2) is 8.42 Å². The summed E-state index contributed by atoms with van der Waals surface area (Å²) < 4.78 is 40.3. The van der Waals surface area contributed by atoms with Gasteiger partial charge in [0.15, 0.2) is 5.96 Å². The van der Waals surface area contributed by atoms with E-state index < -0.39 is 22.0 Å². The zero-order valence-corrected chi connectivity index (χ0v) is 20.4. The molecule has 1 saturated heterocycles. The number of aliphatic imine (C=N–C) groups is 1. The van der Waals surface area contributed by atoms with Crippen LogP contribution in [-0.4, -0.2) is 66.3 Å². The van der Waals surface area contributed by atoms with Gasteiger partial charge in [-0.15, -0.1) is 0 Å². The molecule has 0 aliphatic carbocycles. The number of carbonyl (C=O) groups excluding carboxylic acids is 1. The van der Waals surface area contributed by atoms with Crippen LogP contribution in [0.4, 0.5) is 5.69 Å². The second-order valence-corrected chi connectivity index (χ2v) is 10.1. The van der Waals surface area contributed by atoms with Crippen LogP contribution in [0.15, 0.2) is 46.3 Å². The van der Waals surface area contributed by atoms with Crippen molar-refractivity contribution in [2.24, 2.45) is 16.5 Å². The van der Waals surface area contributed by atoms with E-state index in [-0.39, 0.29) is 36.5 Å². The first-order chi connectivity index (χ1) is 16.2. The molecule has 1 fully saturated rings. The summed E-state index contributed by atoms with van der Waals surface area (Å²) in [6, 6.07) is 9.46. The molecule has 186 valence electrons. The molecule has 3 rings (SSSR count). The van der Waals surface area contributed by atoms with Crippen molar-refractivity contribution in [3.05, 3.63) is 36.4 Å². The van der Waals surface area contributed by atoms with Crippen LogP contribution in [0.1, 0.15) is 25.7 Å². The molecule has 2 atom stereocenters. The number of sulfonamides is 1. The fraction of sp³-hybridized carbons (Fsp3) is 0.478. The Morgan fingerprint density at radius 3 is 2.65 bits per heavy atom. The minimum absolute atomic E-state index is 0.0643. The van der Waals surface area contributed by atoms with Crippen molar-refractivity contribution in [1.29, 1.82) is 0 Å². The maximum absolute atomic E-state index is 13.4. The first-order valence-corrected chi connectivity index (χ1v) is 12.7. The predicted octanol–water partition coefficient (Wildman–Crippen LogP) is 1.33. The molecule has 0 spiro atoms.